The minimum atomic E-state index is -3.52. The molecule has 0 aliphatic carbocycles. The first-order valence-corrected chi connectivity index (χ1v) is 16.2. The van der Waals surface area contributed by atoms with Gasteiger partial charge in [-0.25, -0.2) is 4.57 Å². The van der Waals surface area contributed by atoms with Crippen LogP contribution in [0, 0.1) is 0 Å². The SMILES string of the molecule is CCCCCCCCOc1ccc(-c2ccc(C(=O)Nc3ccc(CCOP(=O)(OCC)OCC)cc3)cc2)cc1. The fourth-order valence-corrected chi connectivity index (χ4v) is 5.46. The van der Waals surface area contributed by atoms with E-state index in [9.17, 15) is 9.36 Å². The number of hydrogen-bond donors (Lipinski definition) is 1. The Bertz CT molecular complexity index is 1200. The van der Waals surface area contributed by atoms with Crippen molar-refractivity contribution in [3.63, 3.8) is 0 Å². The van der Waals surface area contributed by atoms with Gasteiger partial charge in [-0.15, -0.1) is 0 Å². The number of benzene rings is 3. The summed E-state index contributed by atoms with van der Waals surface area (Å²) in [7, 11) is -3.52. The summed E-state index contributed by atoms with van der Waals surface area (Å²) < 4.78 is 33.9. The fraction of sp³-hybridized carbons (Fsp3) is 0.424. The lowest BCUT2D eigenvalue weighted by atomic mass is 10.0. The highest BCUT2D eigenvalue weighted by Gasteiger charge is 2.24. The molecule has 0 fully saturated rings. The van der Waals surface area contributed by atoms with Crippen molar-refractivity contribution < 1.29 is 27.7 Å². The second-order valence-corrected chi connectivity index (χ2v) is 11.4. The van der Waals surface area contributed by atoms with Crippen molar-refractivity contribution in [2.75, 3.05) is 31.7 Å². The number of unbranched alkanes of at least 4 members (excludes halogenated alkanes) is 5. The van der Waals surface area contributed by atoms with Crippen LogP contribution < -0.4 is 10.1 Å². The van der Waals surface area contributed by atoms with Crippen molar-refractivity contribution in [3.8, 4) is 16.9 Å². The number of ether oxygens (including phenoxy) is 1. The van der Waals surface area contributed by atoms with Gasteiger partial charge in [-0.1, -0.05) is 75.4 Å². The molecular weight excluding hydrogens is 537 g/mol. The molecule has 0 aliphatic rings. The highest BCUT2D eigenvalue weighted by Crippen LogP contribution is 2.49. The van der Waals surface area contributed by atoms with Gasteiger partial charge in [0.05, 0.1) is 26.4 Å². The first kappa shape index (κ1) is 32.6. The molecule has 0 aliphatic heterocycles. The van der Waals surface area contributed by atoms with Crippen LogP contribution >= 0.6 is 7.82 Å². The molecule has 0 atom stereocenters. The molecule has 0 aromatic heterocycles. The molecule has 0 saturated heterocycles. The Morgan fingerprint density at radius 2 is 1.27 bits per heavy atom. The number of anilines is 1. The molecule has 0 bridgehead atoms. The smallest absolute Gasteiger partial charge is 0.474 e. The number of carbonyl (C=O) groups excluding carboxylic acids is 1. The molecule has 1 amide bonds. The highest BCUT2D eigenvalue weighted by molar-refractivity contribution is 7.48. The Kier molecular flexibility index (Phi) is 14.1. The van der Waals surface area contributed by atoms with E-state index in [-0.39, 0.29) is 25.7 Å². The van der Waals surface area contributed by atoms with E-state index in [1.807, 2.05) is 72.8 Å². The van der Waals surface area contributed by atoms with Gasteiger partial charge in [0.1, 0.15) is 5.75 Å². The lowest BCUT2D eigenvalue weighted by Gasteiger charge is -2.16. The molecule has 0 saturated carbocycles. The quantitative estimate of drug-likeness (QED) is 0.112. The summed E-state index contributed by atoms with van der Waals surface area (Å²) in [4.78, 5) is 12.8. The standard InChI is InChI=1S/C33H44NO6P/c1-4-7-8-9-10-11-25-37-32-22-18-29(19-23-32)28-14-16-30(17-15-28)33(35)34-31-20-12-27(13-21-31)24-26-40-41(36,38-5-2)39-6-3/h12-23H,4-11,24-26H2,1-3H3,(H,34,35). The van der Waals surface area contributed by atoms with E-state index in [1.54, 1.807) is 13.8 Å². The van der Waals surface area contributed by atoms with Gasteiger partial charge in [-0.2, -0.15) is 0 Å². The zero-order valence-electron chi connectivity index (χ0n) is 24.6. The van der Waals surface area contributed by atoms with Gasteiger partial charge in [-0.3, -0.25) is 18.4 Å². The first-order valence-electron chi connectivity index (χ1n) is 14.7. The molecule has 0 unspecified atom stereocenters. The van der Waals surface area contributed by atoms with E-state index >= 15 is 0 Å². The lowest BCUT2D eigenvalue weighted by molar-refractivity contribution is 0.102. The van der Waals surface area contributed by atoms with Gasteiger partial charge < -0.3 is 10.1 Å². The zero-order valence-corrected chi connectivity index (χ0v) is 25.5. The maximum atomic E-state index is 12.8. The summed E-state index contributed by atoms with van der Waals surface area (Å²) in [6, 6.07) is 23.1. The molecule has 0 radical (unpaired) electrons. The van der Waals surface area contributed by atoms with Gasteiger partial charge in [0.2, 0.25) is 0 Å². The van der Waals surface area contributed by atoms with Crippen molar-refractivity contribution in [1.82, 2.24) is 0 Å². The number of phosphoric acid groups is 1. The predicted molar refractivity (Wildman–Crippen MR) is 166 cm³/mol. The Morgan fingerprint density at radius 1 is 0.683 bits per heavy atom. The monoisotopic (exact) mass is 581 g/mol. The third-order valence-corrected chi connectivity index (χ3v) is 8.18. The van der Waals surface area contributed by atoms with Gasteiger partial charge in [0.15, 0.2) is 0 Å². The van der Waals surface area contributed by atoms with Gasteiger partial charge in [0, 0.05) is 11.3 Å². The van der Waals surface area contributed by atoms with E-state index in [0.29, 0.717) is 17.7 Å². The van der Waals surface area contributed by atoms with Gasteiger partial charge in [-0.05, 0) is 79.8 Å². The zero-order chi connectivity index (χ0) is 29.3. The van der Waals surface area contributed by atoms with Gasteiger partial charge >= 0.3 is 7.82 Å². The predicted octanol–water partition coefficient (Wildman–Crippen LogP) is 9.09. The van der Waals surface area contributed by atoms with Crippen LogP contribution in [0.4, 0.5) is 5.69 Å². The van der Waals surface area contributed by atoms with Crippen molar-refractivity contribution in [2.24, 2.45) is 0 Å². The number of carbonyl (C=O) groups is 1. The molecule has 7 nitrogen and oxygen atoms in total. The average Bonchev–Trinajstić information content (AvgIpc) is 2.98. The topological polar surface area (TPSA) is 83.1 Å². The highest BCUT2D eigenvalue weighted by atomic mass is 31.2. The first-order chi connectivity index (χ1) is 20.0. The second-order valence-electron chi connectivity index (χ2n) is 9.73. The molecule has 3 rings (SSSR count). The summed E-state index contributed by atoms with van der Waals surface area (Å²) in [5.41, 5.74) is 4.35. The minimum absolute atomic E-state index is 0.180. The van der Waals surface area contributed by atoms with Crippen LogP contribution in [-0.2, 0) is 24.6 Å². The van der Waals surface area contributed by atoms with E-state index in [1.165, 1.54) is 32.1 Å². The van der Waals surface area contributed by atoms with E-state index in [2.05, 4.69) is 12.2 Å². The largest absolute Gasteiger partial charge is 0.494 e. The second kappa shape index (κ2) is 17.8. The third kappa shape index (κ3) is 11.4. The Balaban J connectivity index is 1.44. The van der Waals surface area contributed by atoms with E-state index < -0.39 is 7.82 Å². The van der Waals surface area contributed by atoms with Crippen LogP contribution in [0.5, 0.6) is 5.75 Å². The fourth-order valence-electron chi connectivity index (χ4n) is 4.29. The molecule has 0 heterocycles. The molecule has 3 aromatic carbocycles. The number of rotatable bonds is 19. The van der Waals surface area contributed by atoms with E-state index in [4.69, 9.17) is 18.3 Å². The molecule has 41 heavy (non-hydrogen) atoms. The summed E-state index contributed by atoms with van der Waals surface area (Å²) in [5, 5.41) is 2.93. The molecule has 222 valence electrons. The average molecular weight is 582 g/mol. The molecule has 8 heteroatoms. The van der Waals surface area contributed by atoms with Crippen LogP contribution in [0.25, 0.3) is 11.1 Å². The van der Waals surface area contributed by atoms with E-state index in [0.717, 1.165) is 35.5 Å². The van der Waals surface area contributed by atoms with Crippen LogP contribution in [0.1, 0.15) is 75.2 Å². The number of amides is 1. The maximum absolute atomic E-state index is 12.8. The Morgan fingerprint density at radius 3 is 1.88 bits per heavy atom. The lowest BCUT2D eigenvalue weighted by Crippen LogP contribution is -2.11. The third-order valence-electron chi connectivity index (χ3n) is 6.53. The van der Waals surface area contributed by atoms with Crippen molar-refractivity contribution in [3.05, 3.63) is 83.9 Å². The Labute approximate surface area is 245 Å². The Hall–Kier alpha value is -2.96. The van der Waals surface area contributed by atoms with Crippen molar-refractivity contribution in [2.45, 2.75) is 65.7 Å². The summed E-state index contributed by atoms with van der Waals surface area (Å²) in [6.45, 7) is 7.15. The van der Waals surface area contributed by atoms with Crippen molar-refractivity contribution >= 4 is 19.4 Å². The summed E-state index contributed by atoms with van der Waals surface area (Å²) in [5.74, 6) is 0.702. The number of phosphoric ester groups is 1. The van der Waals surface area contributed by atoms with Crippen LogP contribution in [-0.4, -0.2) is 32.3 Å². The molecular formula is C33H44NO6P. The van der Waals surface area contributed by atoms with Crippen LogP contribution in [0.2, 0.25) is 0 Å². The molecule has 1 N–H and O–H groups in total. The number of nitrogens with one attached hydrogen (secondary N) is 1. The van der Waals surface area contributed by atoms with Crippen LogP contribution in [0.3, 0.4) is 0 Å². The molecule has 0 spiro atoms. The maximum Gasteiger partial charge on any atom is 0.474 e. The van der Waals surface area contributed by atoms with Crippen molar-refractivity contribution in [1.29, 1.82) is 0 Å². The molecule has 3 aromatic rings. The van der Waals surface area contributed by atoms with Gasteiger partial charge in [0.25, 0.3) is 5.91 Å². The minimum Gasteiger partial charge on any atom is -0.494 e. The summed E-state index contributed by atoms with van der Waals surface area (Å²) in [6.07, 6.45) is 8.02. The normalized spacial score (nSPS) is 11.4. The number of hydrogen-bond acceptors (Lipinski definition) is 6. The summed E-state index contributed by atoms with van der Waals surface area (Å²) >= 11 is 0. The van der Waals surface area contributed by atoms with Crippen LogP contribution in [0.15, 0.2) is 72.8 Å².